The first kappa shape index (κ1) is 15.1. The molecule has 1 aromatic carbocycles. The lowest BCUT2D eigenvalue weighted by Gasteiger charge is -2.09. The van der Waals surface area contributed by atoms with Gasteiger partial charge in [-0.15, -0.1) is 0 Å². The summed E-state index contributed by atoms with van der Waals surface area (Å²) in [5, 5.41) is 13.5. The molecule has 0 spiro atoms. The van der Waals surface area contributed by atoms with E-state index in [0.717, 1.165) is 5.56 Å². The van der Waals surface area contributed by atoms with E-state index < -0.39 is 4.92 Å². The van der Waals surface area contributed by atoms with Crippen LogP contribution in [0.3, 0.4) is 0 Å². The maximum absolute atomic E-state index is 11.6. The van der Waals surface area contributed by atoms with Crippen LogP contribution in [0.2, 0.25) is 0 Å². The lowest BCUT2D eigenvalue weighted by Crippen LogP contribution is -2.25. The van der Waals surface area contributed by atoms with E-state index in [1.807, 2.05) is 6.92 Å². The number of nitrogens with two attached hydrogens (primary N) is 1. The molecule has 104 valence electrons. The predicted octanol–water partition coefficient (Wildman–Crippen LogP) is 1.65. The summed E-state index contributed by atoms with van der Waals surface area (Å²) >= 11 is 0. The average molecular weight is 265 g/mol. The minimum absolute atomic E-state index is 0.00898. The molecule has 0 saturated carbocycles. The number of benzene rings is 1. The standard InChI is InChI=1S/C13H19N3O3/c1-9(14)6-7-13(17)15-8-11-4-3-5-12(10(11)2)16(18)19/h3-5,9H,6-8,14H2,1-2H3,(H,15,17). The van der Waals surface area contributed by atoms with Gasteiger partial charge in [-0.3, -0.25) is 14.9 Å². The van der Waals surface area contributed by atoms with Gasteiger partial charge >= 0.3 is 0 Å². The molecule has 1 aromatic rings. The summed E-state index contributed by atoms with van der Waals surface area (Å²) in [6, 6.07) is 4.84. The van der Waals surface area contributed by atoms with Gasteiger partial charge in [-0.1, -0.05) is 12.1 Å². The Bertz CT molecular complexity index is 472. The van der Waals surface area contributed by atoms with Crippen LogP contribution in [0.4, 0.5) is 5.69 Å². The number of nitro benzene ring substituents is 1. The Labute approximate surface area is 112 Å². The van der Waals surface area contributed by atoms with E-state index in [-0.39, 0.29) is 17.6 Å². The summed E-state index contributed by atoms with van der Waals surface area (Å²) in [6.07, 6.45) is 0.991. The van der Waals surface area contributed by atoms with Crippen LogP contribution in [0.15, 0.2) is 18.2 Å². The fourth-order valence-electron chi connectivity index (χ4n) is 1.70. The lowest BCUT2D eigenvalue weighted by molar-refractivity contribution is -0.385. The number of nitro groups is 1. The van der Waals surface area contributed by atoms with Crippen LogP contribution in [0.5, 0.6) is 0 Å². The normalized spacial score (nSPS) is 11.9. The highest BCUT2D eigenvalue weighted by Gasteiger charge is 2.13. The predicted molar refractivity (Wildman–Crippen MR) is 72.6 cm³/mol. The Balaban J connectivity index is 2.61. The third-order valence-electron chi connectivity index (χ3n) is 2.92. The molecule has 0 saturated heterocycles. The SMILES string of the molecule is Cc1c(CNC(=O)CCC(C)N)cccc1[N+](=O)[O-]. The van der Waals surface area contributed by atoms with Crippen LogP contribution in [-0.2, 0) is 11.3 Å². The molecule has 1 amide bonds. The highest BCUT2D eigenvalue weighted by atomic mass is 16.6. The lowest BCUT2D eigenvalue weighted by atomic mass is 10.1. The Morgan fingerprint density at radius 1 is 1.53 bits per heavy atom. The number of hydrogen-bond acceptors (Lipinski definition) is 4. The fraction of sp³-hybridized carbons (Fsp3) is 0.462. The van der Waals surface area contributed by atoms with Crippen LogP contribution in [0, 0.1) is 17.0 Å². The molecule has 1 unspecified atom stereocenters. The molecule has 0 bridgehead atoms. The molecular weight excluding hydrogens is 246 g/mol. The molecule has 0 aliphatic heterocycles. The second kappa shape index (κ2) is 6.84. The molecular formula is C13H19N3O3. The van der Waals surface area contributed by atoms with Crippen LogP contribution < -0.4 is 11.1 Å². The first-order valence-electron chi connectivity index (χ1n) is 6.17. The zero-order valence-corrected chi connectivity index (χ0v) is 11.2. The molecule has 0 aromatic heterocycles. The third-order valence-corrected chi connectivity index (χ3v) is 2.92. The smallest absolute Gasteiger partial charge is 0.272 e. The minimum atomic E-state index is -0.420. The zero-order chi connectivity index (χ0) is 14.4. The van der Waals surface area contributed by atoms with Crippen molar-refractivity contribution in [3.8, 4) is 0 Å². The van der Waals surface area contributed by atoms with E-state index in [1.165, 1.54) is 6.07 Å². The average Bonchev–Trinajstić information content (AvgIpc) is 2.34. The summed E-state index contributed by atoms with van der Waals surface area (Å²) in [5.41, 5.74) is 6.98. The van der Waals surface area contributed by atoms with Gasteiger partial charge in [0.1, 0.15) is 0 Å². The van der Waals surface area contributed by atoms with Crippen molar-refractivity contribution in [1.29, 1.82) is 0 Å². The fourth-order valence-corrected chi connectivity index (χ4v) is 1.70. The van der Waals surface area contributed by atoms with Gasteiger partial charge in [-0.05, 0) is 25.8 Å². The van der Waals surface area contributed by atoms with E-state index in [1.54, 1.807) is 19.1 Å². The monoisotopic (exact) mass is 265 g/mol. The van der Waals surface area contributed by atoms with Crippen molar-refractivity contribution in [2.75, 3.05) is 0 Å². The maximum atomic E-state index is 11.6. The van der Waals surface area contributed by atoms with Crippen molar-refractivity contribution < 1.29 is 9.72 Å². The Morgan fingerprint density at radius 2 is 2.21 bits per heavy atom. The number of nitrogens with zero attached hydrogens (tertiary/aromatic N) is 1. The Morgan fingerprint density at radius 3 is 2.79 bits per heavy atom. The van der Waals surface area contributed by atoms with Gasteiger partial charge < -0.3 is 11.1 Å². The molecule has 6 heteroatoms. The second-order valence-corrected chi connectivity index (χ2v) is 4.61. The van der Waals surface area contributed by atoms with Crippen LogP contribution in [-0.4, -0.2) is 16.9 Å². The number of carbonyl (C=O) groups excluding carboxylic acids is 1. The second-order valence-electron chi connectivity index (χ2n) is 4.61. The van der Waals surface area contributed by atoms with E-state index in [4.69, 9.17) is 5.73 Å². The number of rotatable bonds is 6. The largest absolute Gasteiger partial charge is 0.352 e. The number of nitrogens with one attached hydrogen (secondary N) is 1. The van der Waals surface area contributed by atoms with Crippen molar-refractivity contribution >= 4 is 11.6 Å². The van der Waals surface area contributed by atoms with Gasteiger partial charge in [0.25, 0.3) is 5.69 Å². The first-order chi connectivity index (χ1) is 8.91. The van der Waals surface area contributed by atoms with Crippen LogP contribution >= 0.6 is 0 Å². The van der Waals surface area contributed by atoms with E-state index >= 15 is 0 Å². The number of amides is 1. The van der Waals surface area contributed by atoms with Gasteiger partial charge in [-0.25, -0.2) is 0 Å². The van der Waals surface area contributed by atoms with Crippen LogP contribution in [0.1, 0.15) is 30.9 Å². The summed E-state index contributed by atoms with van der Waals surface area (Å²) in [4.78, 5) is 21.9. The van der Waals surface area contributed by atoms with Gasteiger partial charge in [0, 0.05) is 30.6 Å². The molecule has 0 heterocycles. The molecule has 0 fully saturated rings. The zero-order valence-electron chi connectivity index (χ0n) is 11.2. The molecule has 0 radical (unpaired) electrons. The molecule has 1 atom stereocenters. The summed E-state index contributed by atoms with van der Waals surface area (Å²) < 4.78 is 0. The topological polar surface area (TPSA) is 98.3 Å². The highest BCUT2D eigenvalue weighted by molar-refractivity contribution is 5.75. The molecule has 0 aliphatic carbocycles. The van der Waals surface area contributed by atoms with Gasteiger partial charge in [0.05, 0.1) is 4.92 Å². The molecule has 1 rings (SSSR count). The van der Waals surface area contributed by atoms with E-state index in [0.29, 0.717) is 24.9 Å². The van der Waals surface area contributed by atoms with Crippen molar-refractivity contribution in [1.82, 2.24) is 5.32 Å². The number of carbonyl (C=O) groups is 1. The quantitative estimate of drug-likeness (QED) is 0.603. The Hall–Kier alpha value is -1.95. The van der Waals surface area contributed by atoms with Gasteiger partial charge in [-0.2, -0.15) is 0 Å². The van der Waals surface area contributed by atoms with Gasteiger partial charge in [0.2, 0.25) is 5.91 Å². The summed E-state index contributed by atoms with van der Waals surface area (Å²) in [5.74, 6) is -0.0943. The van der Waals surface area contributed by atoms with Crippen molar-refractivity contribution in [2.45, 2.75) is 39.3 Å². The molecule has 6 nitrogen and oxygen atoms in total. The molecule has 3 N–H and O–H groups in total. The van der Waals surface area contributed by atoms with Crippen LogP contribution in [0.25, 0.3) is 0 Å². The minimum Gasteiger partial charge on any atom is -0.352 e. The summed E-state index contributed by atoms with van der Waals surface area (Å²) in [7, 11) is 0. The molecule has 0 aliphatic rings. The van der Waals surface area contributed by atoms with Crippen molar-refractivity contribution in [3.05, 3.63) is 39.4 Å². The maximum Gasteiger partial charge on any atom is 0.272 e. The van der Waals surface area contributed by atoms with Gasteiger partial charge in [0.15, 0.2) is 0 Å². The summed E-state index contributed by atoms with van der Waals surface area (Å²) in [6.45, 7) is 3.82. The highest BCUT2D eigenvalue weighted by Crippen LogP contribution is 2.20. The third kappa shape index (κ3) is 4.67. The van der Waals surface area contributed by atoms with Crippen molar-refractivity contribution in [2.24, 2.45) is 5.73 Å². The molecule has 19 heavy (non-hydrogen) atoms. The van der Waals surface area contributed by atoms with E-state index in [2.05, 4.69) is 5.32 Å². The number of hydrogen-bond donors (Lipinski definition) is 2. The Kier molecular flexibility index (Phi) is 5.44. The first-order valence-corrected chi connectivity index (χ1v) is 6.17. The van der Waals surface area contributed by atoms with Crippen molar-refractivity contribution in [3.63, 3.8) is 0 Å². The van der Waals surface area contributed by atoms with E-state index in [9.17, 15) is 14.9 Å².